The minimum Gasteiger partial charge on any atom is -0.480 e. The maximum atomic E-state index is 12.7. The van der Waals surface area contributed by atoms with Crippen LogP contribution in [0.2, 0.25) is 0 Å². The van der Waals surface area contributed by atoms with Crippen LogP contribution >= 0.6 is 0 Å². The molecule has 2 amide bonds. The molecule has 34 heavy (non-hydrogen) atoms. The quantitative estimate of drug-likeness (QED) is 0.580. The maximum Gasteiger partial charge on any atom is 0.407 e. The Hall–Kier alpha value is -3.39. The van der Waals surface area contributed by atoms with Gasteiger partial charge in [-0.15, -0.1) is 0 Å². The van der Waals surface area contributed by atoms with Crippen LogP contribution < -0.4 is 10.6 Å². The summed E-state index contributed by atoms with van der Waals surface area (Å²) in [5.41, 5.74) is 4.53. The van der Waals surface area contributed by atoms with Gasteiger partial charge in [0.1, 0.15) is 12.6 Å². The lowest BCUT2D eigenvalue weighted by atomic mass is 9.79. The largest absolute Gasteiger partial charge is 0.480 e. The molecular weight excluding hydrogens is 436 g/mol. The molecule has 1 aliphatic heterocycles. The highest BCUT2D eigenvalue weighted by Gasteiger charge is 2.40. The van der Waals surface area contributed by atoms with Gasteiger partial charge in [-0.25, -0.2) is 9.59 Å². The summed E-state index contributed by atoms with van der Waals surface area (Å²) >= 11 is 0. The molecule has 2 aliphatic carbocycles. The van der Waals surface area contributed by atoms with Gasteiger partial charge >= 0.3 is 12.1 Å². The molecule has 2 aromatic carbocycles. The van der Waals surface area contributed by atoms with Gasteiger partial charge < -0.3 is 25.2 Å². The Morgan fingerprint density at radius 3 is 2.24 bits per heavy atom. The molecule has 0 bridgehead atoms. The molecule has 0 aromatic heterocycles. The zero-order valence-corrected chi connectivity index (χ0v) is 18.7. The Morgan fingerprint density at radius 2 is 1.65 bits per heavy atom. The van der Waals surface area contributed by atoms with Crippen molar-refractivity contribution in [1.29, 1.82) is 0 Å². The predicted octanol–water partition coefficient (Wildman–Crippen LogP) is 3.05. The van der Waals surface area contributed by atoms with Gasteiger partial charge in [0.15, 0.2) is 6.10 Å². The van der Waals surface area contributed by atoms with E-state index in [0.29, 0.717) is 13.0 Å². The summed E-state index contributed by atoms with van der Waals surface area (Å²) in [6.07, 6.45) is 1.42. The highest BCUT2D eigenvalue weighted by molar-refractivity contribution is 5.87. The number of carboxylic acid groups (broad SMARTS) is 1. The van der Waals surface area contributed by atoms with E-state index in [1.807, 2.05) is 36.4 Å². The third-order valence-electron chi connectivity index (χ3n) is 7.18. The van der Waals surface area contributed by atoms with E-state index in [4.69, 9.17) is 9.47 Å². The number of carbonyl (C=O) groups is 3. The van der Waals surface area contributed by atoms with Crippen molar-refractivity contribution in [3.63, 3.8) is 0 Å². The summed E-state index contributed by atoms with van der Waals surface area (Å²) in [5, 5.41) is 14.8. The summed E-state index contributed by atoms with van der Waals surface area (Å²) in [6.45, 7) is 0.473. The Kier molecular flexibility index (Phi) is 6.24. The Morgan fingerprint density at radius 1 is 1.00 bits per heavy atom. The minimum atomic E-state index is -1.04. The lowest BCUT2D eigenvalue weighted by Crippen LogP contribution is -2.55. The van der Waals surface area contributed by atoms with E-state index >= 15 is 0 Å². The van der Waals surface area contributed by atoms with Crippen LogP contribution in [-0.2, 0) is 19.1 Å². The summed E-state index contributed by atoms with van der Waals surface area (Å²) in [4.78, 5) is 37.0. The van der Waals surface area contributed by atoms with Gasteiger partial charge in [0.25, 0.3) is 5.91 Å². The van der Waals surface area contributed by atoms with Crippen molar-refractivity contribution < 1.29 is 29.0 Å². The maximum absolute atomic E-state index is 12.7. The molecule has 3 atom stereocenters. The van der Waals surface area contributed by atoms with Gasteiger partial charge in [-0.05, 0) is 47.4 Å². The standard InChI is InChI=1S/C26H28N2O6/c29-24(28-22(25(30)31)15-6-5-7-15)23-21(12-13-33-23)27-26(32)34-14-20-18-10-3-1-8-16(18)17-9-2-4-11-19(17)20/h1-4,8-11,15,20-23H,5-7,12-14H2,(H,27,32)(H,28,29)(H,30,31). The van der Waals surface area contributed by atoms with E-state index < -0.39 is 36.2 Å². The highest BCUT2D eigenvalue weighted by Crippen LogP contribution is 2.44. The predicted molar refractivity (Wildman–Crippen MR) is 123 cm³/mol. The van der Waals surface area contributed by atoms with Gasteiger partial charge in [0.2, 0.25) is 0 Å². The molecule has 178 valence electrons. The number of carbonyl (C=O) groups excluding carboxylic acids is 2. The smallest absolute Gasteiger partial charge is 0.407 e. The minimum absolute atomic E-state index is 0.0589. The van der Waals surface area contributed by atoms with Crippen LogP contribution in [-0.4, -0.2) is 54.5 Å². The van der Waals surface area contributed by atoms with E-state index in [2.05, 4.69) is 22.8 Å². The molecule has 3 aliphatic rings. The summed E-state index contributed by atoms with van der Waals surface area (Å²) in [5.74, 6) is -1.68. The fourth-order valence-electron chi connectivity index (χ4n) is 5.18. The zero-order chi connectivity index (χ0) is 23.7. The number of alkyl carbamates (subject to hydrolysis) is 1. The Bertz CT molecular complexity index is 1050. The molecule has 3 N–H and O–H groups in total. The number of amides is 2. The second kappa shape index (κ2) is 9.46. The highest BCUT2D eigenvalue weighted by atomic mass is 16.6. The number of carboxylic acids is 1. The molecule has 3 unspecified atom stereocenters. The molecule has 2 aromatic rings. The van der Waals surface area contributed by atoms with Crippen LogP contribution in [0, 0.1) is 5.92 Å². The third-order valence-corrected chi connectivity index (χ3v) is 7.18. The second-order valence-electron chi connectivity index (χ2n) is 9.17. The van der Waals surface area contributed by atoms with Crippen molar-refractivity contribution >= 4 is 18.0 Å². The van der Waals surface area contributed by atoms with Crippen LogP contribution in [0.25, 0.3) is 11.1 Å². The van der Waals surface area contributed by atoms with Crippen LogP contribution in [0.1, 0.15) is 42.7 Å². The fourth-order valence-corrected chi connectivity index (χ4v) is 5.18. The average Bonchev–Trinajstić information content (AvgIpc) is 3.38. The first kappa shape index (κ1) is 22.4. The van der Waals surface area contributed by atoms with E-state index in [9.17, 15) is 19.5 Å². The summed E-state index contributed by atoms with van der Waals surface area (Å²) in [6, 6.07) is 14.7. The van der Waals surface area contributed by atoms with Gasteiger partial charge in [-0.1, -0.05) is 55.0 Å². The topological polar surface area (TPSA) is 114 Å². The van der Waals surface area contributed by atoms with Crippen LogP contribution in [0.4, 0.5) is 4.79 Å². The first-order valence-electron chi connectivity index (χ1n) is 11.8. The van der Waals surface area contributed by atoms with Crippen molar-refractivity contribution in [3.05, 3.63) is 59.7 Å². The average molecular weight is 465 g/mol. The van der Waals surface area contributed by atoms with Gasteiger partial charge in [0.05, 0.1) is 6.04 Å². The molecule has 1 saturated carbocycles. The number of benzene rings is 2. The van der Waals surface area contributed by atoms with Crippen molar-refractivity contribution in [2.75, 3.05) is 13.2 Å². The van der Waals surface area contributed by atoms with Crippen LogP contribution in [0.3, 0.4) is 0 Å². The number of hydrogen-bond donors (Lipinski definition) is 3. The van der Waals surface area contributed by atoms with Crippen molar-refractivity contribution in [1.82, 2.24) is 10.6 Å². The van der Waals surface area contributed by atoms with Crippen molar-refractivity contribution in [2.24, 2.45) is 5.92 Å². The summed E-state index contributed by atoms with van der Waals surface area (Å²) in [7, 11) is 0. The lowest BCUT2D eigenvalue weighted by molar-refractivity contribution is -0.146. The number of nitrogens with one attached hydrogen (secondary N) is 2. The van der Waals surface area contributed by atoms with Gasteiger partial charge in [-0.2, -0.15) is 0 Å². The fraction of sp³-hybridized carbons (Fsp3) is 0.423. The molecule has 5 rings (SSSR count). The first-order chi connectivity index (χ1) is 16.5. The molecule has 0 radical (unpaired) electrons. The molecular formula is C26H28N2O6. The van der Waals surface area contributed by atoms with E-state index in [1.165, 1.54) is 0 Å². The van der Waals surface area contributed by atoms with Crippen LogP contribution in [0.15, 0.2) is 48.5 Å². The van der Waals surface area contributed by atoms with E-state index in [1.54, 1.807) is 0 Å². The summed E-state index contributed by atoms with van der Waals surface area (Å²) < 4.78 is 11.1. The molecule has 8 heteroatoms. The van der Waals surface area contributed by atoms with E-state index in [-0.39, 0.29) is 18.4 Å². The third kappa shape index (κ3) is 4.25. The van der Waals surface area contributed by atoms with E-state index in [0.717, 1.165) is 41.5 Å². The number of rotatable bonds is 7. The lowest BCUT2D eigenvalue weighted by Gasteiger charge is -2.32. The normalized spacial score (nSPS) is 22.2. The molecule has 8 nitrogen and oxygen atoms in total. The number of aliphatic carboxylic acids is 1. The number of fused-ring (bicyclic) bond motifs is 3. The number of hydrogen-bond acceptors (Lipinski definition) is 5. The van der Waals surface area contributed by atoms with Crippen molar-refractivity contribution in [2.45, 2.75) is 49.8 Å². The van der Waals surface area contributed by atoms with Gasteiger partial charge in [-0.3, -0.25) is 4.79 Å². The SMILES string of the molecule is O=C(NC1CCOC1C(=O)NC(C(=O)O)C1CCC1)OCC1c2ccccc2-c2ccccc21. The second-order valence-corrected chi connectivity index (χ2v) is 9.17. The van der Waals surface area contributed by atoms with Crippen molar-refractivity contribution in [3.8, 4) is 11.1 Å². The zero-order valence-electron chi connectivity index (χ0n) is 18.7. The number of ether oxygens (including phenoxy) is 2. The van der Waals surface area contributed by atoms with Crippen LogP contribution in [0.5, 0.6) is 0 Å². The Balaban J connectivity index is 1.19. The Labute approximate surface area is 197 Å². The molecule has 2 fully saturated rings. The monoisotopic (exact) mass is 464 g/mol. The molecule has 1 saturated heterocycles. The first-order valence-corrected chi connectivity index (χ1v) is 11.8. The molecule has 1 heterocycles. The van der Waals surface area contributed by atoms with Gasteiger partial charge in [0, 0.05) is 12.5 Å². The molecule has 0 spiro atoms.